The van der Waals surface area contributed by atoms with Gasteiger partial charge in [-0.25, -0.2) is 9.38 Å². The van der Waals surface area contributed by atoms with Gasteiger partial charge in [0.05, 0.1) is 0 Å². The number of phenols is 1. The molecule has 2 aromatic rings. The first-order valence-electron chi connectivity index (χ1n) is 7.04. The number of amides is 1. The Balaban J connectivity index is 2.13. The highest BCUT2D eigenvalue weighted by atomic mass is 19.3. The zero-order valence-electron chi connectivity index (χ0n) is 12.5. The number of carbonyl (C=O) groups excluding carboxylic acids is 1. The van der Waals surface area contributed by atoms with Crippen LogP contribution in [0.3, 0.4) is 0 Å². The molecule has 130 valence electrons. The van der Waals surface area contributed by atoms with Crippen molar-refractivity contribution in [2.24, 2.45) is 10.7 Å². The Labute approximate surface area is 139 Å². The van der Waals surface area contributed by atoms with Crippen molar-refractivity contribution in [1.29, 1.82) is 0 Å². The van der Waals surface area contributed by atoms with Crippen LogP contribution in [0.25, 0.3) is 0 Å². The number of aromatic hydroxyl groups is 1. The first kappa shape index (κ1) is 16.6. The molecule has 6 nitrogen and oxygen atoms in total. The maximum absolute atomic E-state index is 13.4. The van der Waals surface area contributed by atoms with Crippen LogP contribution in [-0.4, -0.2) is 23.6 Å². The topological polar surface area (TPSA) is 96.9 Å². The average Bonchev–Trinajstić information content (AvgIpc) is 2.85. The molecular weight excluding hydrogens is 339 g/mol. The molecular formula is C16H12F3N3O3. The van der Waals surface area contributed by atoms with E-state index in [-0.39, 0.29) is 22.8 Å². The van der Waals surface area contributed by atoms with Gasteiger partial charge in [0.25, 0.3) is 5.91 Å². The maximum Gasteiger partial charge on any atom is 0.387 e. The molecule has 0 fully saturated rings. The van der Waals surface area contributed by atoms with Crippen LogP contribution in [0.2, 0.25) is 0 Å². The van der Waals surface area contributed by atoms with Crippen molar-refractivity contribution in [2.45, 2.75) is 12.2 Å². The van der Waals surface area contributed by atoms with Gasteiger partial charge in [0.2, 0.25) is 0 Å². The number of aliphatic imine (C=N–C) groups is 1. The highest BCUT2D eigenvalue weighted by molar-refractivity contribution is 6.09. The van der Waals surface area contributed by atoms with Gasteiger partial charge in [-0.3, -0.25) is 10.1 Å². The zero-order valence-corrected chi connectivity index (χ0v) is 12.5. The van der Waals surface area contributed by atoms with Crippen molar-refractivity contribution in [3.63, 3.8) is 0 Å². The molecule has 0 radical (unpaired) electrons. The summed E-state index contributed by atoms with van der Waals surface area (Å²) in [5, 5.41) is 12.0. The van der Waals surface area contributed by atoms with Crippen molar-refractivity contribution in [3.05, 3.63) is 59.4 Å². The summed E-state index contributed by atoms with van der Waals surface area (Å²) in [6.45, 7) is -2.99. The van der Waals surface area contributed by atoms with Gasteiger partial charge in [0, 0.05) is 0 Å². The molecule has 1 aliphatic rings. The molecule has 1 heterocycles. The number of phenolic OH excluding ortho intramolecular Hbond substituents is 1. The molecule has 0 aliphatic carbocycles. The van der Waals surface area contributed by atoms with Gasteiger partial charge in [0.15, 0.2) is 23.1 Å². The molecule has 25 heavy (non-hydrogen) atoms. The monoisotopic (exact) mass is 351 g/mol. The number of rotatable bonds is 4. The van der Waals surface area contributed by atoms with Crippen molar-refractivity contribution < 1.29 is 27.8 Å². The second-order valence-corrected chi connectivity index (χ2v) is 5.23. The third-order valence-electron chi connectivity index (χ3n) is 3.72. The van der Waals surface area contributed by atoms with Gasteiger partial charge in [-0.2, -0.15) is 8.78 Å². The lowest BCUT2D eigenvalue weighted by Crippen LogP contribution is -2.39. The van der Waals surface area contributed by atoms with E-state index in [9.17, 15) is 23.1 Å². The van der Waals surface area contributed by atoms with Crippen molar-refractivity contribution in [2.75, 3.05) is 0 Å². The Bertz CT molecular complexity index is 855. The molecule has 0 saturated heterocycles. The van der Waals surface area contributed by atoms with Crippen molar-refractivity contribution in [3.8, 4) is 11.5 Å². The van der Waals surface area contributed by atoms with E-state index >= 15 is 0 Å². The summed E-state index contributed by atoms with van der Waals surface area (Å²) in [4.78, 5) is 16.6. The normalized spacial score (nSPS) is 19.7. The van der Waals surface area contributed by atoms with Gasteiger partial charge in [-0.1, -0.05) is 18.2 Å². The summed E-state index contributed by atoms with van der Waals surface area (Å²) in [5.41, 5.74) is 4.35. The third kappa shape index (κ3) is 2.84. The number of ether oxygens (including phenoxy) is 1. The average molecular weight is 351 g/mol. The number of hydrogen-bond donors (Lipinski definition) is 3. The molecule has 3 rings (SSSR count). The van der Waals surface area contributed by atoms with E-state index in [4.69, 9.17) is 5.73 Å². The van der Waals surface area contributed by atoms with Crippen LogP contribution in [0.15, 0.2) is 47.5 Å². The highest BCUT2D eigenvalue weighted by Crippen LogP contribution is 2.39. The predicted molar refractivity (Wildman–Crippen MR) is 81.7 cm³/mol. The summed E-state index contributed by atoms with van der Waals surface area (Å²) in [7, 11) is 0. The van der Waals surface area contributed by atoms with Crippen molar-refractivity contribution in [1.82, 2.24) is 5.32 Å². The van der Waals surface area contributed by atoms with E-state index in [1.165, 1.54) is 30.3 Å². The number of hydrogen-bond acceptors (Lipinski definition) is 5. The number of benzene rings is 2. The molecule has 2 aromatic carbocycles. The van der Waals surface area contributed by atoms with E-state index in [1.54, 1.807) is 0 Å². The standard InChI is InChI=1S/C16H12F3N3O3/c17-11-6-3-9(7-12(11)23)16(13(24)21-15(20)22-16)8-1-4-10(5-2-8)25-14(18)19/h1-7,14,23H,(H3,20,21,22,24). The number of nitrogens with zero attached hydrogens (tertiary/aromatic N) is 1. The largest absolute Gasteiger partial charge is 0.505 e. The molecule has 1 aliphatic heterocycles. The van der Waals surface area contributed by atoms with Gasteiger partial charge in [-0.15, -0.1) is 0 Å². The number of nitrogens with one attached hydrogen (secondary N) is 1. The third-order valence-corrected chi connectivity index (χ3v) is 3.72. The van der Waals surface area contributed by atoms with Crippen LogP contribution in [0.1, 0.15) is 11.1 Å². The molecule has 1 unspecified atom stereocenters. The molecule has 1 amide bonds. The lowest BCUT2D eigenvalue weighted by Gasteiger charge is -2.25. The van der Waals surface area contributed by atoms with Crippen molar-refractivity contribution >= 4 is 11.9 Å². The smallest absolute Gasteiger partial charge is 0.387 e. The van der Waals surface area contributed by atoms with Crippen LogP contribution >= 0.6 is 0 Å². The number of carbonyl (C=O) groups is 1. The van der Waals surface area contributed by atoms with Crippen LogP contribution in [0.4, 0.5) is 13.2 Å². The zero-order chi connectivity index (χ0) is 18.2. The number of nitrogens with two attached hydrogens (primary N) is 1. The Morgan fingerprint density at radius 3 is 2.32 bits per heavy atom. The van der Waals surface area contributed by atoms with Crippen LogP contribution in [-0.2, 0) is 10.3 Å². The Morgan fingerprint density at radius 1 is 1.16 bits per heavy atom. The van der Waals surface area contributed by atoms with Gasteiger partial charge in [-0.05, 0) is 35.4 Å². The minimum absolute atomic E-state index is 0.105. The molecule has 0 spiro atoms. The number of alkyl halides is 2. The van der Waals surface area contributed by atoms with Gasteiger partial charge < -0.3 is 15.6 Å². The lowest BCUT2D eigenvalue weighted by molar-refractivity contribution is -0.122. The van der Waals surface area contributed by atoms with Gasteiger partial charge in [0.1, 0.15) is 5.75 Å². The van der Waals surface area contributed by atoms with E-state index in [0.717, 1.165) is 12.1 Å². The SMILES string of the molecule is NC1=NC(c2ccc(OC(F)F)cc2)(c2ccc(F)c(O)c2)C(=O)N1. The molecule has 4 N–H and O–H groups in total. The Kier molecular flexibility index (Phi) is 3.99. The minimum atomic E-state index is -2.99. The molecule has 1 atom stereocenters. The van der Waals surface area contributed by atoms with Gasteiger partial charge >= 0.3 is 6.61 Å². The quantitative estimate of drug-likeness (QED) is 0.783. The number of halogens is 3. The minimum Gasteiger partial charge on any atom is -0.505 e. The molecule has 0 aromatic heterocycles. The molecule has 0 bridgehead atoms. The summed E-state index contributed by atoms with van der Waals surface area (Å²) in [6.07, 6.45) is 0. The maximum atomic E-state index is 13.4. The number of guanidine groups is 1. The van der Waals surface area contributed by atoms with E-state index in [0.29, 0.717) is 0 Å². The predicted octanol–water partition coefficient (Wildman–Crippen LogP) is 1.82. The first-order chi connectivity index (χ1) is 11.8. The second-order valence-electron chi connectivity index (χ2n) is 5.23. The lowest BCUT2D eigenvalue weighted by atomic mass is 9.83. The van der Waals surface area contributed by atoms with E-state index in [2.05, 4.69) is 15.0 Å². The highest BCUT2D eigenvalue weighted by Gasteiger charge is 2.47. The summed E-state index contributed by atoms with van der Waals surface area (Å²) >= 11 is 0. The first-order valence-corrected chi connectivity index (χ1v) is 7.04. The fraction of sp³-hybridized carbons (Fsp3) is 0.125. The second kappa shape index (κ2) is 6.00. The Hall–Kier alpha value is -3.23. The summed E-state index contributed by atoms with van der Waals surface area (Å²) in [6, 6.07) is 8.52. The van der Waals surface area contributed by atoms with Crippen LogP contribution in [0, 0.1) is 5.82 Å². The fourth-order valence-corrected chi connectivity index (χ4v) is 2.64. The summed E-state index contributed by atoms with van der Waals surface area (Å²) in [5.74, 6) is -2.43. The Morgan fingerprint density at radius 2 is 1.80 bits per heavy atom. The molecule has 0 saturated carbocycles. The van der Waals surface area contributed by atoms with E-state index < -0.39 is 29.6 Å². The van der Waals surface area contributed by atoms with E-state index in [1.807, 2.05) is 0 Å². The van der Waals surface area contributed by atoms with Crippen LogP contribution in [0.5, 0.6) is 11.5 Å². The molecule has 9 heteroatoms. The summed E-state index contributed by atoms with van der Waals surface area (Å²) < 4.78 is 42.2. The fourth-order valence-electron chi connectivity index (χ4n) is 2.64. The van der Waals surface area contributed by atoms with Crippen LogP contribution < -0.4 is 15.8 Å².